The van der Waals surface area contributed by atoms with Crippen molar-refractivity contribution >= 4 is 23.2 Å². The van der Waals surface area contributed by atoms with Crippen LogP contribution in [0.3, 0.4) is 0 Å². The van der Waals surface area contributed by atoms with E-state index < -0.39 is 0 Å². The summed E-state index contributed by atoms with van der Waals surface area (Å²) < 4.78 is 0. The van der Waals surface area contributed by atoms with E-state index in [4.69, 9.17) is 0 Å². The molecule has 5 nitrogen and oxygen atoms in total. The molecule has 0 fully saturated rings. The van der Waals surface area contributed by atoms with E-state index in [1.165, 1.54) is 5.56 Å². The molecule has 3 N–H and O–H groups in total. The minimum absolute atomic E-state index is 0.0483. The largest absolute Gasteiger partial charge is 0.372 e. The predicted molar refractivity (Wildman–Crippen MR) is 104 cm³/mol. The molecule has 0 aliphatic carbocycles. The van der Waals surface area contributed by atoms with Crippen LogP contribution in [0, 0.1) is 5.92 Å². The number of amides is 2. The fraction of sp³-hybridized carbons (Fsp3) is 0.333. The average molecular weight is 351 g/mol. The van der Waals surface area contributed by atoms with Crippen molar-refractivity contribution in [3.63, 3.8) is 0 Å². The van der Waals surface area contributed by atoms with E-state index in [0.29, 0.717) is 23.7 Å². The molecule has 0 radical (unpaired) electrons. The molecule has 2 aromatic rings. The lowest BCUT2D eigenvalue weighted by Gasteiger charge is -2.28. The van der Waals surface area contributed by atoms with Crippen LogP contribution in [0.1, 0.15) is 36.2 Å². The molecule has 2 amide bonds. The normalized spacial score (nSPS) is 15.8. The Bertz CT molecular complexity index is 787. The first-order chi connectivity index (χ1) is 12.5. The minimum Gasteiger partial charge on any atom is -0.372 e. The molecule has 1 heterocycles. The van der Waals surface area contributed by atoms with Crippen LogP contribution >= 0.6 is 0 Å². The molecule has 3 rings (SSSR count). The summed E-state index contributed by atoms with van der Waals surface area (Å²) in [6.07, 6.45) is 1.56. The van der Waals surface area contributed by atoms with Gasteiger partial charge in [-0.3, -0.25) is 9.59 Å². The highest BCUT2D eigenvalue weighted by Gasteiger charge is 2.26. The summed E-state index contributed by atoms with van der Waals surface area (Å²) in [5.74, 6) is 0.240. The fourth-order valence-corrected chi connectivity index (χ4v) is 3.09. The molecule has 1 aliphatic heterocycles. The van der Waals surface area contributed by atoms with E-state index in [0.717, 1.165) is 18.5 Å². The highest BCUT2D eigenvalue weighted by atomic mass is 16.2. The lowest BCUT2D eigenvalue weighted by atomic mass is 10.00. The van der Waals surface area contributed by atoms with E-state index >= 15 is 0 Å². The predicted octanol–water partition coefficient (Wildman–Crippen LogP) is 3.44. The van der Waals surface area contributed by atoms with Crippen LogP contribution < -0.4 is 16.0 Å². The van der Waals surface area contributed by atoms with Crippen LogP contribution in [0.5, 0.6) is 0 Å². The zero-order valence-corrected chi connectivity index (χ0v) is 15.2. The van der Waals surface area contributed by atoms with Crippen molar-refractivity contribution in [1.82, 2.24) is 5.32 Å². The second-order valence-corrected chi connectivity index (χ2v) is 7.07. The Morgan fingerprint density at radius 1 is 1.12 bits per heavy atom. The van der Waals surface area contributed by atoms with Gasteiger partial charge in [0.25, 0.3) is 5.91 Å². The third-order valence-electron chi connectivity index (χ3n) is 4.44. The highest BCUT2D eigenvalue weighted by Crippen LogP contribution is 2.29. The summed E-state index contributed by atoms with van der Waals surface area (Å²) in [5.41, 5.74) is 3.24. The lowest BCUT2D eigenvalue weighted by Crippen LogP contribution is -2.39. The molecule has 5 heteroatoms. The van der Waals surface area contributed by atoms with E-state index in [2.05, 4.69) is 29.8 Å². The molecule has 0 saturated carbocycles. The van der Waals surface area contributed by atoms with E-state index in [-0.39, 0.29) is 17.9 Å². The van der Waals surface area contributed by atoms with Crippen molar-refractivity contribution in [3.05, 3.63) is 59.7 Å². The summed E-state index contributed by atoms with van der Waals surface area (Å²) in [5, 5.41) is 9.10. The standard InChI is InChI=1S/C21H25N3O2/c1-14(2)12-19-21(26)24-18-13-16(8-9-17(18)23-19)20(25)22-11-10-15-6-4-3-5-7-15/h3-9,13-14,19,23H,10-12H2,1-2H3,(H,22,25)(H,24,26)/t19-/m0/s1. The van der Waals surface area contributed by atoms with Crippen molar-refractivity contribution in [2.24, 2.45) is 5.92 Å². The van der Waals surface area contributed by atoms with Crippen LogP contribution in [0.2, 0.25) is 0 Å². The van der Waals surface area contributed by atoms with Crippen LogP contribution in [0.15, 0.2) is 48.5 Å². The Kier molecular flexibility index (Phi) is 5.56. The number of rotatable bonds is 6. The fourth-order valence-electron chi connectivity index (χ4n) is 3.09. The zero-order valence-electron chi connectivity index (χ0n) is 15.2. The first-order valence-corrected chi connectivity index (χ1v) is 9.06. The monoisotopic (exact) mass is 351 g/mol. The van der Waals surface area contributed by atoms with Gasteiger partial charge in [0.2, 0.25) is 5.91 Å². The number of carbonyl (C=O) groups is 2. The minimum atomic E-state index is -0.229. The molecule has 0 saturated heterocycles. The molecule has 1 atom stereocenters. The maximum atomic E-state index is 12.4. The van der Waals surface area contributed by atoms with Gasteiger partial charge in [-0.25, -0.2) is 0 Å². The van der Waals surface area contributed by atoms with Gasteiger partial charge in [0.05, 0.1) is 11.4 Å². The third-order valence-corrected chi connectivity index (χ3v) is 4.44. The number of hydrogen-bond acceptors (Lipinski definition) is 3. The molecule has 136 valence electrons. The maximum absolute atomic E-state index is 12.4. The summed E-state index contributed by atoms with van der Waals surface area (Å²) in [7, 11) is 0. The maximum Gasteiger partial charge on any atom is 0.251 e. The summed E-state index contributed by atoms with van der Waals surface area (Å²) >= 11 is 0. The number of benzene rings is 2. The van der Waals surface area contributed by atoms with Gasteiger partial charge in [0, 0.05) is 12.1 Å². The number of carbonyl (C=O) groups excluding carboxylic acids is 2. The molecule has 2 aromatic carbocycles. The van der Waals surface area contributed by atoms with Crippen molar-refractivity contribution in [3.8, 4) is 0 Å². The van der Waals surface area contributed by atoms with Gasteiger partial charge in [0.15, 0.2) is 0 Å². The summed E-state index contributed by atoms with van der Waals surface area (Å²) in [4.78, 5) is 24.6. The smallest absolute Gasteiger partial charge is 0.251 e. The van der Waals surface area contributed by atoms with Crippen LogP contribution in [0.4, 0.5) is 11.4 Å². The second-order valence-electron chi connectivity index (χ2n) is 7.07. The third kappa shape index (κ3) is 4.42. The highest BCUT2D eigenvalue weighted by molar-refractivity contribution is 6.05. The van der Waals surface area contributed by atoms with Gasteiger partial charge >= 0.3 is 0 Å². The second kappa shape index (κ2) is 8.04. The van der Waals surface area contributed by atoms with Crippen LogP contribution in [0.25, 0.3) is 0 Å². The summed E-state index contributed by atoms with van der Waals surface area (Å²) in [6, 6.07) is 15.2. The van der Waals surface area contributed by atoms with Crippen molar-refractivity contribution < 1.29 is 9.59 Å². The van der Waals surface area contributed by atoms with Gasteiger partial charge in [-0.2, -0.15) is 0 Å². The SMILES string of the molecule is CC(C)C[C@@H]1Nc2ccc(C(=O)NCCc3ccccc3)cc2NC1=O. The quantitative estimate of drug-likeness (QED) is 0.747. The van der Waals surface area contributed by atoms with Crippen molar-refractivity contribution in [1.29, 1.82) is 0 Å². The molecule has 0 bridgehead atoms. The Hall–Kier alpha value is -2.82. The molecule has 0 spiro atoms. The molecular formula is C21H25N3O2. The number of hydrogen-bond donors (Lipinski definition) is 3. The summed E-state index contributed by atoms with van der Waals surface area (Å²) in [6.45, 7) is 4.75. The molecule has 0 aromatic heterocycles. The molecular weight excluding hydrogens is 326 g/mol. The van der Waals surface area contributed by atoms with Crippen molar-refractivity contribution in [2.45, 2.75) is 32.7 Å². The Morgan fingerprint density at radius 3 is 2.62 bits per heavy atom. The Morgan fingerprint density at radius 2 is 1.88 bits per heavy atom. The Labute approximate surface area is 154 Å². The van der Waals surface area contributed by atoms with Gasteiger partial charge < -0.3 is 16.0 Å². The number of nitrogens with one attached hydrogen (secondary N) is 3. The van der Waals surface area contributed by atoms with Gasteiger partial charge in [0.1, 0.15) is 6.04 Å². The van der Waals surface area contributed by atoms with Gasteiger partial charge in [-0.05, 0) is 42.5 Å². The van der Waals surface area contributed by atoms with E-state index in [9.17, 15) is 9.59 Å². The molecule has 1 aliphatic rings. The van der Waals surface area contributed by atoms with Crippen LogP contribution in [-0.2, 0) is 11.2 Å². The number of anilines is 2. The lowest BCUT2D eigenvalue weighted by molar-refractivity contribution is -0.117. The van der Waals surface area contributed by atoms with Gasteiger partial charge in [-0.1, -0.05) is 44.2 Å². The van der Waals surface area contributed by atoms with Crippen molar-refractivity contribution in [2.75, 3.05) is 17.2 Å². The molecule has 26 heavy (non-hydrogen) atoms. The van der Waals surface area contributed by atoms with Gasteiger partial charge in [-0.15, -0.1) is 0 Å². The van der Waals surface area contributed by atoms with Crippen LogP contribution in [-0.4, -0.2) is 24.4 Å². The first kappa shape index (κ1) is 18.0. The number of fused-ring (bicyclic) bond motifs is 1. The van der Waals surface area contributed by atoms with E-state index in [1.807, 2.05) is 36.4 Å². The zero-order chi connectivity index (χ0) is 18.5. The average Bonchev–Trinajstić information content (AvgIpc) is 2.62. The Balaban J connectivity index is 1.61. The van der Waals surface area contributed by atoms with E-state index in [1.54, 1.807) is 12.1 Å². The molecule has 0 unspecified atom stereocenters. The first-order valence-electron chi connectivity index (χ1n) is 9.06. The topological polar surface area (TPSA) is 70.2 Å².